The summed E-state index contributed by atoms with van der Waals surface area (Å²) in [5.74, 6) is 0. The molecule has 0 saturated heterocycles. The molecule has 0 atom stereocenters. The second-order valence-corrected chi connectivity index (χ2v) is 6.53. The molecule has 3 rings (SSSR count). The number of nitrogens with zero attached hydrogens (tertiary/aromatic N) is 2. The Morgan fingerprint density at radius 1 is 1.08 bits per heavy atom. The minimum Gasteiger partial charge on any atom is -0.338 e. The van der Waals surface area contributed by atoms with Gasteiger partial charge >= 0.3 is 6.03 Å². The fraction of sp³-hybridized carbons (Fsp3) is 0.263. The largest absolute Gasteiger partial charge is 0.338 e. The van der Waals surface area contributed by atoms with Gasteiger partial charge in [0.15, 0.2) is 0 Å². The smallest absolute Gasteiger partial charge is 0.314 e. The van der Waals surface area contributed by atoms with E-state index in [9.17, 15) is 4.79 Å². The highest BCUT2D eigenvalue weighted by atomic mass is 32.1. The van der Waals surface area contributed by atoms with Crippen LogP contribution in [0.5, 0.6) is 0 Å². The number of carbonyl (C=O) groups is 1. The number of aryl methyl sites for hydroxylation is 1. The van der Waals surface area contributed by atoms with Crippen molar-refractivity contribution in [1.82, 2.24) is 20.4 Å². The molecule has 6 heteroatoms. The van der Waals surface area contributed by atoms with Gasteiger partial charge in [0.25, 0.3) is 0 Å². The summed E-state index contributed by atoms with van der Waals surface area (Å²) in [4.78, 5) is 11.8. The number of thiophene rings is 1. The Balaban J connectivity index is 1.30. The number of nitrogens with one attached hydrogen (secondary N) is 2. The molecule has 5 nitrogen and oxygen atoms in total. The lowest BCUT2D eigenvalue weighted by Crippen LogP contribution is -2.37. The summed E-state index contributed by atoms with van der Waals surface area (Å²) >= 11 is 1.66. The molecule has 0 aliphatic heterocycles. The molecule has 0 aliphatic rings. The summed E-state index contributed by atoms with van der Waals surface area (Å²) in [5.41, 5.74) is 3.39. The van der Waals surface area contributed by atoms with Crippen molar-refractivity contribution in [2.45, 2.75) is 19.4 Å². The minimum absolute atomic E-state index is 0.127. The van der Waals surface area contributed by atoms with Gasteiger partial charge in [0.05, 0.1) is 12.2 Å². The van der Waals surface area contributed by atoms with Crippen LogP contribution in [0.2, 0.25) is 0 Å². The Labute approximate surface area is 151 Å². The van der Waals surface area contributed by atoms with Crippen LogP contribution in [0.15, 0.2) is 59.4 Å². The third-order valence-corrected chi connectivity index (χ3v) is 4.54. The van der Waals surface area contributed by atoms with Crippen molar-refractivity contribution in [2.24, 2.45) is 0 Å². The van der Waals surface area contributed by atoms with Gasteiger partial charge in [-0.15, -0.1) is 0 Å². The molecular weight excluding hydrogens is 332 g/mol. The van der Waals surface area contributed by atoms with E-state index in [1.54, 1.807) is 11.3 Å². The quantitative estimate of drug-likeness (QED) is 0.608. The molecule has 2 amide bonds. The highest BCUT2D eigenvalue weighted by molar-refractivity contribution is 7.08. The Bertz CT molecular complexity index is 768. The van der Waals surface area contributed by atoms with Crippen molar-refractivity contribution in [3.8, 4) is 11.3 Å². The van der Waals surface area contributed by atoms with E-state index in [1.165, 1.54) is 5.56 Å². The third-order valence-electron chi connectivity index (χ3n) is 3.85. The molecule has 0 unspecified atom stereocenters. The van der Waals surface area contributed by atoms with E-state index in [4.69, 9.17) is 0 Å². The number of aromatic nitrogens is 2. The van der Waals surface area contributed by atoms with Crippen LogP contribution in [0, 0.1) is 0 Å². The van der Waals surface area contributed by atoms with Gasteiger partial charge in [-0.1, -0.05) is 30.3 Å². The monoisotopic (exact) mass is 354 g/mol. The number of benzene rings is 1. The van der Waals surface area contributed by atoms with E-state index in [0.29, 0.717) is 19.6 Å². The lowest BCUT2D eigenvalue weighted by Gasteiger charge is -2.08. The van der Waals surface area contributed by atoms with Crippen molar-refractivity contribution in [3.05, 3.63) is 65.0 Å². The molecule has 0 fully saturated rings. The summed E-state index contributed by atoms with van der Waals surface area (Å²) in [6.45, 7) is 1.88. The molecule has 0 saturated carbocycles. The maximum Gasteiger partial charge on any atom is 0.314 e. The molecule has 2 heterocycles. The number of urea groups is 1. The van der Waals surface area contributed by atoms with Crippen molar-refractivity contribution < 1.29 is 4.79 Å². The maximum atomic E-state index is 11.8. The minimum atomic E-state index is -0.127. The number of hydrogen-bond donors (Lipinski definition) is 2. The summed E-state index contributed by atoms with van der Waals surface area (Å²) in [5, 5.41) is 14.4. The van der Waals surface area contributed by atoms with E-state index in [1.807, 2.05) is 40.5 Å². The molecule has 0 bridgehead atoms. The Kier molecular flexibility index (Phi) is 6.23. The van der Waals surface area contributed by atoms with Crippen LogP contribution in [0.1, 0.15) is 12.0 Å². The van der Waals surface area contributed by atoms with Gasteiger partial charge in [-0.05, 0) is 35.9 Å². The van der Waals surface area contributed by atoms with Crippen molar-refractivity contribution >= 4 is 17.4 Å². The molecule has 1 aromatic carbocycles. The molecule has 130 valence electrons. The van der Waals surface area contributed by atoms with Crippen LogP contribution >= 0.6 is 11.3 Å². The van der Waals surface area contributed by atoms with Gasteiger partial charge in [-0.25, -0.2) is 4.79 Å². The highest BCUT2D eigenvalue weighted by Gasteiger charge is 2.03. The standard InChI is InChI=1S/C19H22N4OS/c24-19(20-10-4-7-16-5-2-1-3-6-16)21-11-13-23-12-8-18(22-23)17-9-14-25-15-17/h1-3,5-6,8-9,12,14-15H,4,7,10-11,13H2,(H2,20,21,24). The predicted octanol–water partition coefficient (Wildman–Crippen LogP) is 3.54. The van der Waals surface area contributed by atoms with Crippen LogP contribution in [0.3, 0.4) is 0 Å². The highest BCUT2D eigenvalue weighted by Crippen LogP contribution is 2.19. The van der Waals surface area contributed by atoms with Gasteiger partial charge in [-0.3, -0.25) is 4.68 Å². The van der Waals surface area contributed by atoms with Crippen molar-refractivity contribution in [1.29, 1.82) is 0 Å². The van der Waals surface area contributed by atoms with Crippen LogP contribution in [-0.4, -0.2) is 28.9 Å². The zero-order valence-electron chi connectivity index (χ0n) is 14.0. The second-order valence-electron chi connectivity index (χ2n) is 5.75. The van der Waals surface area contributed by atoms with Gasteiger partial charge in [0, 0.05) is 30.2 Å². The molecule has 0 spiro atoms. The second kappa shape index (κ2) is 9.03. The van der Waals surface area contributed by atoms with Crippen LogP contribution in [-0.2, 0) is 13.0 Å². The molecular formula is C19H22N4OS. The lowest BCUT2D eigenvalue weighted by molar-refractivity contribution is 0.240. The first-order valence-electron chi connectivity index (χ1n) is 8.43. The van der Waals surface area contributed by atoms with E-state index in [0.717, 1.165) is 24.1 Å². The van der Waals surface area contributed by atoms with E-state index in [2.05, 4.69) is 39.3 Å². The van der Waals surface area contributed by atoms with E-state index >= 15 is 0 Å². The zero-order valence-corrected chi connectivity index (χ0v) is 14.8. The van der Waals surface area contributed by atoms with Gasteiger partial charge in [0.1, 0.15) is 0 Å². The topological polar surface area (TPSA) is 59.0 Å². The van der Waals surface area contributed by atoms with Gasteiger partial charge in [-0.2, -0.15) is 16.4 Å². The number of amides is 2. The molecule has 0 radical (unpaired) electrons. The molecule has 25 heavy (non-hydrogen) atoms. The average molecular weight is 354 g/mol. The Hall–Kier alpha value is -2.60. The molecule has 0 aliphatic carbocycles. The van der Waals surface area contributed by atoms with E-state index < -0.39 is 0 Å². The number of rotatable bonds is 8. The number of carbonyl (C=O) groups excluding carboxylic acids is 1. The fourth-order valence-corrected chi connectivity index (χ4v) is 3.19. The third kappa shape index (κ3) is 5.46. The van der Waals surface area contributed by atoms with Crippen molar-refractivity contribution in [2.75, 3.05) is 13.1 Å². The SMILES string of the molecule is O=C(NCCCc1ccccc1)NCCn1ccc(-c2ccsc2)n1. The van der Waals surface area contributed by atoms with Crippen LogP contribution in [0.4, 0.5) is 4.79 Å². The molecule has 3 aromatic rings. The number of hydrogen-bond acceptors (Lipinski definition) is 3. The molecule has 2 aromatic heterocycles. The van der Waals surface area contributed by atoms with Crippen LogP contribution in [0.25, 0.3) is 11.3 Å². The summed E-state index contributed by atoms with van der Waals surface area (Å²) in [6.07, 6.45) is 3.84. The summed E-state index contributed by atoms with van der Waals surface area (Å²) in [7, 11) is 0. The first-order chi connectivity index (χ1) is 12.3. The first-order valence-corrected chi connectivity index (χ1v) is 9.37. The Morgan fingerprint density at radius 2 is 1.92 bits per heavy atom. The normalized spacial score (nSPS) is 10.6. The maximum absolute atomic E-state index is 11.8. The van der Waals surface area contributed by atoms with Gasteiger partial charge in [0.2, 0.25) is 0 Å². The summed E-state index contributed by atoms with van der Waals surface area (Å²) < 4.78 is 1.85. The Morgan fingerprint density at radius 3 is 2.72 bits per heavy atom. The van der Waals surface area contributed by atoms with E-state index in [-0.39, 0.29) is 6.03 Å². The predicted molar refractivity (Wildman–Crippen MR) is 102 cm³/mol. The zero-order chi connectivity index (χ0) is 17.3. The van der Waals surface area contributed by atoms with Crippen molar-refractivity contribution in [3.63, 3.8) is 0 Å². The fourth-order valence-electron chi connectivity index (χ4n) is 2.54. The van der Waals surface area contributed by atoms with Crippen LogP contribution < -0.4 is 10.6 Å². The average Bonchev–Trinajstić information content (AvgIpc) is 3.31. The first kappa shape index (κ1) is 17.2. The lowest BCUT2D eigenvalue weighted by atomic mass is 10.1. The summed E-state index contributed by atoms with van der Waals surface area (Å²) in [6, 6.07) is 14.2. The molecule has 2 N–H and O–H groups in total. The van der Waals surface area contributed by atoms with Gasteiger partial charge < -0.3 is 10.6 Å².